The SMILES string of the molecule is C[NH+](Cc1nc2cc(Cl)ccc2c(=O)[nH]1)Cc1cccs1. The van der Waals surface area contributed by atoms with Crippen molar-refractivity contribution in [2.45, 2.75) is 13.1 Å². The Morgan fingerprint density at radius 1 is 1.33 bits per heavy atom. The Balaban J connectivity index is 1.85. The van der Waals surface area contributed by atoms with E-state index >= 15 is 0 Å². The van der Waals surface area contributed by atoms with Crippen LogP contribution < -0.4 is 10.5 Å². The highest BCUT2D eigenvalue weighted by Crippen LogP contribution is 2.14. The molecule has 21 heavy (non-hydrogen) atoms. The molecule has 0 amide bonds. The first kappa shape index (κ1) is 14.3. The number of benzene rings is 1. The van der Waals surface area contributed by atoms with Crippen molar-refractivity contribution in [1.82, 2.24) is 9.97 Å². The minimum Gasteiger partial charge on any atom is -0.327 e. The Hall–Kier alpha value is -1.69. The smallest absolute Gasteiger partial charge is 0.258 e. The third-order valence-electron chi connectivity index (χ3n) is 3.24. The zero-order valence-electron chi connectivity index (χ0n) is 11.5. The zero-order valence-corrected chi connectivity index (χ0v) is 13.1. The molecule has 0 fully saturated rings. The molecule has 1 atom stereocenters. The fraction of sp³-hybridized carbons (Fsp3) is 0.200. The molecule has 2 N–H and O–H groups in total. The molecule has 1 unspecified atom stereocenters. The van der Waals surface area contributed by atoms with E-state index in [-0.39, 0.29) is 5.56 Å². The van der Waals surface area contributed by atoms with Gasteiger partial charge in [0.1, 0.15) is 13.1 Å². The maximum atomic E-state index is 12.1. The van der Waals surface area contributed by atoms with E-state index in [1.54, 1.807) is 29.5 Å². The highest BCUT2D eigenvalue weighted by molar-refractivity contribution is 7.09. The summed E-state index contributed by atoms with van der Waals surface area (Å²) in [5, 5.41) is 3.23. The molecule has 3 aromatic rings. The summed E-state index contributed by atoms with van der Waals surface area (Å²) in [6.07, 6.45) is 0. The molecule has 3 rings (SSSR count). The topological polar surface area (TPSA) is 50.2 Å². The minimum absolute atomic E-state index is 0.115. The van der Waals surface area contributed by atoms with Crippen molar-refractivity contribution in [3.8, 4) is 0 Å². The highest BCUT2D eigenvalue weighted by Gasteiger charge is 2.10. The molecule has 4 nitrogen and oxygen atoms in total. The molecular formula is C15H15ClN3OS+. The van der Waals surface area contributed by atoms with Gasteiger partial charge in [-0.2, -0.15) is 0 Å². The second-order valence-corrected chi connectivity index (χ2v) is 6.53. The first-order valence-corrected chi connectivity index (χ1v) is 7.90. The Bertz CT molecular complexity index is 813. The standard InChI is InChI=1S/C15H14ClN3OS/c1-19(8-11-3-2-6-21-11)9-14-17-13-7-10(16)4-5-12(13)15(20)18-14/h2-7H,8-9H2,1H3,(H,17,18,20)/p+1. The van der Waals surface area contributed by atoms with Crippen LogP contribution in [0.3, 0.4) is 0 Å². The summed E-state index contributed by atoms with van der Waals surface area (Å²) < 4.78 is 0. The van der Waals surface area contributed by atoms with Crippen LogP contribution in [0.4, 0.5) is 0 Å². The lowest BCUT2D eigenvalue weighted by Gasteiger charge is -2.12. The van der Waals surface area contributed by atoms with Crippen molar-refractivity contribution in [2.75, 3.05) is 7.05 Å². The molecule has 0 saturated heterocycles. The van der Waals surface area contributed by atoms with Crippen LogP contribution in [-0.4, -0.2) is 17.0 Å². The van der Waals surface area contributed by atoms with Gasteiger partial charge in [0.2, 0.25) is 0 Å². The van der Waals surface area contributed by atoms with E-state index < -0.39 is 0 Å². The van der Waals surface area contributed by atoms with Crippen molar-refractivity contribution in [1.29, 1.82) is 0 Å². The van der Waals surface area contributed by atoms with Crippen LogP contribution in [0.5, 0.6) is 0 Å². The van der Waals surface area contributed by atoms with E-state index in [2.05, 4.69) is 28.5 Å². The van der Waals surface area contributed by atoms with Gasteiger partial charge in [0.15, 0.2) is 5.82 Å². The third-order valence-corrected chi connectivity index (χ3v) is 4.35. The number of H-pyrrole nitrogens is 1. The molecule has 0 aliphatic carbocycles. The molecule has 0 aliphatic rings. The second kappa shape index (κ2) is 5.97. The minimum atomic E-state index is -0.115. The summed E-state index contributed by atoms with van der Waals surface area (Å²) >= 11 is 7.71. The average molecular weight is 321 g/mol. The number of rotatable bonds is 4. The second-order valence-electron chi connectivity index (χ2n) is 5.06. The molecule has 2 aromatic heterocycles. The predicted molar refractivity (Wildman–Crippen MR) is 86.0 cm³/mol. The maximum absolute atomic E-state index is 12.1. The number of hydrogen-bond donors (Lipinski definition) is 2. The summed E-state index contributed by atoms with van der Waals surface area (Å²) in [7, 11) is 2.09. The molecule has 2 heterocycles. The number of nitrogens with one attached hydrogen (secondary N) is 2. The van der Waals surface area contributed by atoms with Gasteiger partial charge in [0, 0.05) is 5.02 Å². The van der Waals surface area contributed by atoms with Crippen LogP contribution in [0.25, 0.3) is 10.9 Å². The summed E-state index contributed by atoms with van der Waals surface area (Å²) in [4.78, 5) is 22.0. The van der Waals surface area contributed by atoms with E-state index in [4.69, 9.17) is 11.6 Å². The van der Waals surface area contributed by atoms with Crippen LogP contribution in [0.15, 0.2) is 40.5 Å². The van der Waals surface area contributed by atoms with E-state index in [1.165, 1.54) is 9.78 Å². The van der Waals surface area contributed by atoms with E-state index in [1.807, 2.05) is 6.07 Å². The molecule has 0 aliphatic heterocycles. The monoisotopic (exact) mass is 320 g/mol. The Labute approximate surface area is 131 Å². The maximum Gasteiger partial charge on any atom is 0.258 e. The third kappa shape index (κ3) is 3.32. The Morgan fingerprint density at radius 3 is 2.95 bits per heavy atom. The van der Waals surface area contributed by atoms with Gasteiger partial charge in [-0.15, -0.1) is 11.3 Å². The van der Waals surface area contributed by atoms with Crippen LogP contribution in [0, 0.1) is 0 Å². The Morgan fingerprint density at radius 2 is 2.19 bits per heavy atom. The number of hydrogen-bond acceptors (Lipinski definition) is 3. The van der Waals surface area contributed by atoms with Gasteiger partial charge < -0.3 is 9.88 Å². The normalized spacial score (nSPS) is 12.7. The van der Waals surface area contributed by atoms with Crippen LogP contribution in [0.2, 0.25) is 5.02 Å². The summed E-state index contributed by atoms with van der Waals surface area (Å²) in [5.74, 6) is 0.684. The number of halogens is 1. The van der Waals surface area contributed by atoms with Gasteiger partial charge in [0.25, 0.3) is 5.56 Å². The number of aromatic amines is 1. The average Bonchev–Trinajstić information content (AvgIpc) is 2.90. The van der Waals surface area contributed by atoms with Gasteiger partial charge >= 0.3 is 0 Å². The van der Waals surface area contributed by atoms with Crippen molar-refractivity contribution in [3.63, 3.8) is 0 Å². The molecule has 6 heteroatoms. The molecule has 0 spiro atoms. The lowest BCUT2D eigenvalue weighted by Crippen LogP contribution is -3.06. The quantitative estimate of drug-likeness (QED) is 0.771. The van der Waals surface area contributed by atoms with Gasteiger partial charge in [-0.25, -0.2) is 4.98 Å². The van der Waals surface area contributed by atoms with Gasteiger partial charge in [-0.3, -0.25) is 4.79 Å². The van der Waals surface area contributed by atoms with Crippen molar-refractivity contribution >= 4 is 33.8 Å². The lowest BCUT2D eigenvalue weighted by molar-refractivity contribution is -0.908. The number of nitrogens with zero attached hydrogens (tertiary/aromatic N) is 1. The number of thiophene rings is 1. The molecule has 0 bridgehead atoms. The van der Waals surface area contributed by atoms with Crippen LogP contribution in [-0.2, 0) is 13.1 Å². The molecule has 1 aromatic carbocycles. The summed E-state index contributed by atoms with van der Waals surface area (Å²) in [5.41, 5.74) is 0.528. The first-order chi connectivity index (χ1) is 10.1. The van der Waals surface area contributed by atoms with Gasteiger partial charge in [-0.1, -0.05) is 17.7 Å². The van der Waals surface area contributed by atoms with Crippen LogP contribution in [0.1, 0.15) is 10.7 Å². The van der Waals surface area contributed by atoms with E-state index in [0.29, 0.717) is 28.3 Å². The molecular weight excluding hydrogens is 306 g/mol. The van der Waals surface area contributed by atoms with Crippen molar-refractivity contribution in [2.24, 2.45) is 0 Å². The summed E-state index contributed by atoms with van der Waals surface area (Å²) in [6, 6.07) is 9.30. The van der Waals surface area contributed by atoms with Gasteiger partial charge in [0.05, 0.1) is 22.8 Å². The number of fused-ring (bicyclic) bond motifs is 1. The zero-order chi connectivity index (χ0) is 14.8. The largest absolute Gasteiger partial charge is 0.327 e. The van der Waals surface area contributed by atoms with Gasteiger partial charge in [-0.05, 0) is 29.6 Å². The molecule has 0 radical (unpaired) electrons. The fourth-order valence-corrected chi connectivity index (χ4v) is 3.29. The molecule has 0 saturated carbocycles. The fourth-order valence-electron chi connectivity index (χ4n) is 2.30. The number of quaternary nitrogens is 1. The van der Waals surface area contributed by atoms with Crippen LogP contribution >= 0.6 is 22.9 Å². The predicted octanol–water partition coefficient (Wildman–Crippen LogP) is 1.85. The summed E-state index contributed by atoms with van der Waals surface area (Å²) in [6.45, 7) is 1.57. The van der Waals surface area contributed by atoms with Crippen molar-refractivity contribution < 1.29 is 4.90 Å². The van der Waals surface area contributed by atoms with E-state index in [0.717, 1.165) is 6.54 Å². The number of aromatic nitrogens is 2. The Kier molecular flexibility index (Phi) is 4.05. The highest BCUT2D eigenvalue weighted by atomic mass is 35.5. The molecule has 108 valence electrons. The first-order valence-electron chi connectivity index (χ1n) is 6.64. The lowest BCUT2D eigenvalue weighted by atomic mass is 10.2. The van der Waals surface area contributed by atoms with E-state index in [9.17, 15) is 4.79 Å². The van der Waals surface area contributed by atoms with Crippen molar-refractivity contribution in [3.05, 3.63) is 61.8 Å².